The molecule has 0 saturated heterocycles. The highest BCUT2D eigenvalue weighted by atomic mass is 35.5. The van der Waals surface area contributed by atoms with Gasteiger partial charge in [0.1, 0.15) is 0 Å². The van der Waals surface area contributed by atoms with E-state index in [-0.39, 0.29) is 12.4 Å². The van der Waals surface area contributed by atoms with E-state index in [1.54, 1.807) is 14.2 Å². The van der Waals surface area contributed by atoms with Gasteiger partial charge in [0.2, 0.25) is 0 Å². The minimum absolute atomic E-state index is 0. The highest BCUT2D eigenvalue weighted by molar-refractivity contribution is 5.85. The molecule has 4 nitrogen and oxygen atoms in total. The topological polar surface area (TPSA) is 64.7 Å². The number of hydrogen-bond donors (Lipinski definition) is 2. The van der Waals surface area contributed by atoms with Gasteiger partial charge in [0, 0.05) is 5.56 Å². The van der Waals surface area contributed by atoms with Crippen LogP contribution in [0, 0.1) is 5.92 Å². The van der Waals surface area contributed by atoms with Gasteiger partial charge in [-0.1, -0.05) is 12.1 Å². The molecular weight excluding hydrogens is 254 g/mol. The lowest BCUT2D eigenvalue weighted by Crippen LogP contribution is -2.28. The normalized spacial score (nSPS) is 17.6. The van der Waals surface area contributed by atoms with E-state index < -0.39 is 12.1 Å². The van der Waals surface area contributed by atoms with Crippen LogP contribution in [0.1, 0.15) is 24.4 Å². The first-order valence-electron chi connectivity index (χ1n) is 5.83. The molecule has 3 N–H and O–H groups in total. The fraction of sp³-hybridized carbons (Fsp3) is 0.538. The number of nitrogens with two attached hydrogens (primary N) is 1. The van der Waals surface area contributed by atoms with Crippen molar-refractivity contribution in [2.75, 3.05) is 14.2 Å². The van der Waals surface area contributed by atoms with E-state index in [4.69, 9.17) is 15.2 Å². The van der Waals surface area contributed by atoms with E-state index in [0.29, 0.717) is 17.4 Å². The van der Waals surface area contributed by atoms with E-state index in [1.165, 1.54) is 0 Å². The first-order valence-corrected chi connectivity index (χ1v) is 5.83. The van der Waals surface area contributed by atoms with Crippen molar-refractivity contribution in [2.45, 2.75) is 25.0 Å². The molecule has 0 aliphatic heterocycles. The molecule has 1 aliphatic rings. The molecule has 2 rings (SSSR count). The third-order valence-electron chi connectivity index (χ3n) is 3.27. The molecular formula is C13H20ClNO3. The van der Waals surface area contributed by atoms with Gasteiger partial charge in [0.05, 0.1) is 26.4 Å². The summed E-state index contributed by atoms with van der Waals surface area (Å²) in [6.45, 7) is 0. The average Bonchev–Trinajstić information content (AvgIpc) is 3.20. The van der Waals surface area contributed by atoms with Crippen LogP contribution >= 0.6 is 12.4 Å². The van der Waals surface area contributed by atoms with Crippen LogP contribution in [0.4, 0.5) is 0 Å². The van der Waals surface area contributed by atoms with Gasteiger partial charge in [-0.05, 0) is 24.8 Å². The van der Waals surface area contributed by atoms with Gasteiger partial charge in [-0.15, -0.1) is 12.4 Å². The summed E-state index contributed by atoms with van der Waals surface area (Å²) in [4.78, 5) is 0. The maximum Gasteiger partial charge on any atom is 0.165 e. The number of benzene rings is 1. The number of rotatable bonds is 5. The van der Waals surface area contributed by atoms with E-state index in [9.17, 15) is 5.11 Å². The number of ether oxygens (including phenoxy) is 2. The second kappa shape index (κ2) is 6.27. The first-order chi connectivity index (χ1) is 8.19. The lowest BCUT2D eigenvalue weighted by atomic mass is 9.98. The second-order valence-electron chi connectivity index (χ2n) is 4.44. The fourth-order valence-electron chi connectivity index (χ4n) is 2.09. The molecule has 0 spiro atoms. The summed E-state index contributed by atoms with van der Waals surface area (Å²) in [6.07, 6.45) is 1.61. The maximum absolute atomic E-state index is 10.1. The molecule has 102 valence electrons. The molecule has 0 unspecified atom stereocenters. The van der Waals surface area contributed by atoms with Gasteiger partial charge in [-0.2, -0.15) is 0 Å². The fourth-order valence-corrected chi connectivity index (χ4v) is 2.09. The molecule has 1 aliphatic carbocycles. The van der Waals surface area contributed by atoms with Crippen LogP contribution < -0.4 is 15.2 Å². The van der Waals surface area contributed by atoms with E-state index >= 15 is 0 Å². The smallest absolute Gasteiger partial charge is 0.165 e. The van der Waals surface area contributed by atoms with Crippen LogP contribution in [0.25, 0.3) is 0 Å². The minimum Gasteiger partial charge on any atom is -0.493 e. The van der Waals surface area contributed by atoms with Gasteiger partial charge in [0.15, 0.2) is 11.5 Å². The van der Waals surface area contributed by atoms with Crippen LogP contribution in [-0.4, -0.2) is 25.4 Å². The van der Waals surface area contributed by atoms with Crippen molar-refractivity contribution < 1.29 is 14.6 Å². The number of aliphatic hydroxyl groups is 1. The number of methoxy groups -OCH3 is 2. The standard InChI is InChI=1S/C13H19NO3.ClH/c1-16-10-5-3-4-9(13(10)17-2)11(14)12(15)8-6-7-8;/h3-5,8,11-12,15H,6-7,14H2,1-2H3;1H/t11-,12+;/m1./s1. The molecule has 18 heavy (non-hydrogen) atoms. The van der Waals surface area contributed by atoms with Crippen LogP contribution in [0.2, 0.25) is 0 Å². The Balaban J connectivity index is 0.00000162. The predicted octanol–water partition coefficient (Wildman–Crippen LogP) is 1.90. The van der Waals surface area contributed by atoms with Gasteiger partial charge in [-0.25, -0.2) is 0 Å². The van der Waals surface area contributed by atoms with Crippen LogP contribution in [0.3, 0.4) is 0 Å². The minimum atomic E-state index is -0.504. The van der Waals surface area contributed by atoms with Crippen molar-refractivity contribution in [1.82, 2.24) is 0 Å². The van der Waals surface area contributed by atoms with Gasteiger partial charge < -0.3 is 20.3 Å². The lowest BCUT2D eigenvalue weighted by molar-refractivity contribution is 0.121. The quantitative estimate of drug-likeness (QED) is 0.860. The Labute approximate surface area is 113 Å². The number of aliphatic hydroxyl groups excluding tert-OH is 1. The van der Waals surface area contributed by atoms with Crippen LogP contribution in [-0.2, 0) is 0 Å². The summed E-state index contributed by atoms with van der Waals surface area (Å²) in [6, 6.07) is 5.12. The van der Waals surface area contributed by atoms with Crippen molar-refractivity contribution in [1.29, 1.82) is 0 Å². The molecule has 1 aromatic rings. The van der Waals surface area contributed by atoms with Gasteiger partial charge in [-0.3, -0.25) is 0 Å². The zero-order valence-corrected chi connectivity index (χ0v) is 11.4. The number of para-hydroxylation sites is 1. The number of halogens is 1. The van der Waals surface area contributed by atoms with Gasteiger partial charge in [0.25, 0.3) is 0 Å². The molecule has 0 aromatic heterocycles. The second-order valence-corrected chi connectivity index (χ2v) is 4.44. The summed E-state index contributed by atoms with van der Waals surface area (Å²) in [5.41, 5.74) is 6.89. The SMILES string of the molecule is COc1cccc([C@@H](N)[C@@H](O)C2CC2)c1OC.Cl. The van der Waals surface area contributed by atoms with Gasteiger partial charge >= 0.3 is 0 Å². The Kier molecular flexibility index (Phi) is 5.26. The molecule has 0 amide bonds. The zero-order valence-electron chi connectivity index (χ0n) is 10.6. The third kappa shape index (κ3) is 2.88. The summed E-state index contributed by atoms with van der Waals surface area (Å²) < 4.78 is 10.5. The first kappa shape index (κ1) is 15.1. The highest BCUT2D eigenvalue weighted by Gasteiger charge is 2.35. The molecule has 1 fully saturated rings. The van der Waals surface area contributed by atoms with Crippen molar-refractivity contribution in [3.63, 3.8) is 0 Å². The summed E-state index contributed by atoms with van der Waals surface area (Å²) >= 11 is 0. The Morgan fingerprint density at radius 2 is 1.94 bits per heavy atom. The third-order valence-corrected chi connectivity index (χ3v) is 3.27. The zero-order chi connectivity index (χ0) is 12.4. The molecule has 0 heterocycles. The van der Waals surface area contributed by atoms with Crippen molar-refractivity contribution in [3.8, 4) is 11.5 Å². The van der Waals surface area contributed by atoms with Crippen LogP contribution in [0.5, 0.6) is 11.5 Å². The highest BCUT2D eigenvalue weighted by Crippen LogP contribution is 2.41. The molecule has 2 atom stereocenters. The number of hydrogen-bond acceptors (Lipinski definition) is 4. The molecule has 0 radical (unpaired) electrons. The lowest BCUT2D eigenvalue weighted by Gasteiger charge is -2.22. The molecule has 0 bridgehead atoms. The monoisotopic (exact) mass is 273 g/mol. The molecule has 5 heteroatoms. The summed E-state index contributed by atoms with van der Waals surface area (Å²) in [5.74, 6) is 1.59. The van der Waals surface area contributed by atoms with Crippen LogP contribution in [0.15, 0.2) is 18.2 Å². The maximum atomic E-state index is 10.1. The van der Waals surface area contributed by atoms with E-state index in [1.807, 2.05) is 18.2 Å². The Morgan fingerprint density at radius 1 is 1.28 bits per heavy atom. The van der Waals surface area contributed by atoms with E-state index in [0.717, 1.165) is 18.4 Å². The van der Waals surface area contributed by atoms with Crippen molar-refractivity contribution in [2.24, 2.45) is 11.7 Å². The van der Waals surface area contributed by atoms with Crippen molar-refractivity contribution in [3.05, 3.63) is 23.8 Å². The van der Waals surface area contributed by atoms with Crippen molar-refractivity contribution >= 4 is 12.4 Å². The molecule has 1 aromatic carbocycles. The Bertz CT molecular complexity index is 396. The Morgan fingerprint density at radius 3 is 2.44 bits per heavy atom. The van der Waals surface area contributed by atoms with E-state index in [2.05, 4.69) is 0 Å². The molecule has 1 saturated carbocycles. The average molecular weight is 274 g/mol. The summed E-state index contributed by atoms with van der Waals surface area (Å²) in [5, 5.41) is 10.1. The largest absolute Gasteiger partial charge is 0.493 e. The predicted molar refractivity (Wildman–Crippen MR) is 72.5 cm³/mol. The Hall–Kier alpha value is -0.970. The summed E-state index contributed by atoms with van der Waals surface area (Å²) in [7, 11) is 3.17.